The number of aromatic nitrogens is 4. The van der Waals surface area contributed by atoms with E-state index in [9.17, 15) is 0 Å². The normalized spacial score (nSPS) is 14.2. The monoisotopic (exact) mass is 352 g/mol. The molecule has 1 aliphatic rings. The fourth-order valence-electron chi connectivity index (χ4n) is 2.74. The molecule has 0 fully saturated rings. The molecule has 0 atom stereocenters. The van der Waals surface area contributed by atoms with E-state index in [1.807, 2.05) is 0 Å². The number of thiophene rings is 1. The Balaban J connectivity index is 0.00000144. The van der Waals surface area contributed by atoms with Crippen LogP contribution in [0.4, 0.5) is 0 Å². The number of halogens is 1. The maximum absolute atomic E-state index is 4.75. The summed E-state index contributed by atoms with van der Waals surface area (Å²) in [6.45, 7) is 1.06. The topological polar surface area (TPSA) is 43.6 Å². The summed E-state index contributed by atoms with van der Waals surface area (Å²) in [4.78, 5) is 5.98. The van der Waals surface area contributed by atoms with E-state index in [2.05, 4.69) is 37.7 Å². The lowest BCUT2D eigenvalue weighted by Gasteiger charge is -2.05. The molecular weight excluding hydrogens is 336 g/mol. The molecule has 0 radical (unpaired) electrons. The molecule has 0 saturated carbocycles. The molecule has 0 bridgehead atoms. The Bertz CT molecular complexity index is 733. The van der Waals surface area contributed by atoms with Crippen molar-refractivity contribution >= 4 is 35.1 Å². The van der Waals surface area contributed by atoms with Crippen molar-refractivity contribution in [3.63, 3.8) is 0 Å². The number of thiazole rings is 1. The van der Waals surface area contributed by atoms with Crippen LogP contribution in [-0.2, 0) is 19.4 Å². The van der Waals surface area contributed by atoms with Crippen LogP contribution in [0, 0.1) is 0 Å². The van der Waals surface area contributed by atoms with Crippen molar-refractivity contribution in [3.8, 4) is 10.6 Å². The lowest BCUT2D eigenvalue weighted by atomic mass is 10.2. The molecule has 0 aromatic carbocycles. The third kappa shape index (κ3) is 3.09. The zero-order valence-electron chi connectivity index (χ0n) is 12.1. The molecule has 4 rings (SSSR count). The lowest BCUT2D eigenvalue weighted by Crippen LogP contribution is -2.06. The van der Waals surface area contributed by atoms with Gasteiger partial charge in [-0.25, -0.2) is 4.98 Å². The van der Waals surface area contributed by atoms with Crippen LogP contribution < -0.4 is 0 Å². The van der Waals surface area contributed by atoms with Gasteiger partial charge in [0.05, 0.1) is 17.0 Å². The van der Waals surface area contributed by atoms with E-state index in [-0.39, 0.29) is 12.4 Å². The van der Waals surface area contributed by atoms with E-state index >= 15 is 0 Å². The number of nitrogens with zero attached hydrogens (tertiary/aromatic N) is 4. The molecule has 0 N–H and O–H groups in total. The van der Waals surface area contributed by atoms with Crippen molar-refractivity contribution in [2.75, 3.05) is 0 Å². The van der Waals surface area contributed by atoms with Gasteiger partial charge in [0.15, 0.2) is 0 Å². The quantitative estimate of drug-likeness (QED) is 0.709. The predicted molar refractivity (Wildman–Crippen MR) is 93.1 cm³/mol. The second-order valence-corrected chi connectivity index (χ2v) is 7.17. The molecular formula is C15H17ClN4S2. The molecule has 0 amide bonds. The van der Waals surface area contributed by atoms with E-state index in [0.29, 0.717) is 0 Å². The summed E-state index contributed by atoms with van der Waals surface area (Å²) >= 11 is 3.45. The standard InChI is InChI=1S/C15H16N4S2.ClH/c1-2-6-13-17-18-14(19(13)7-3-1)9-15-16-11(10-21-15)12-5-4-8-20-12;/h4-5,8,10H,1-3,6-7,9H2;1H. The summed E-state index contributed by atoms with van der Waals surface area (Å²) in [6.07, 6.45) is 5.62. The highest BCUT2D eigenvalue weighted by Gasteiger charge is 2.16. The first-order valence-corrected chi connectivity index (χ1v) is 9.05. The van der Waals surface area contributed by atoms with Gasteiger partial charge in [-0.15, -0.1) is 45.3 Å². The average Bonchev–Trinajstić information content (AvgIpc) is 3.19. The van der Waals surface area contributed by atoms with E-state index in [1.54, 1.807) is 22.7 Å². The minimum absolute atomic E-state index is 0. The fourth-order valence-corrected chi connectivity index (χ4v) is 4.29. The van der Waals surface area contributed by atoms with Crippen LogP contribution in [0.15, 0.2) is 22.9 Å². The van der Waals surface area contributed by atoms with Crippen LogP contribution >= 0.6 is 35.1 Å². The van der Waals surface area contributed by atoms with Crippen LogP contribution in [0.5, 0.6) is 0 Å². The number of rotatable bonds is 3. The highest BCUT2D eigenvalue weighted by atomic mass is 35.5. The molecule has 0 aliphatic carbocycles. The molecule has 4 nitrogen and oxygen atoms in total. The first-order valence-electron chi connectivity index (χ1n) is 7.29. The highest BCUT2D eigenvalue weighted by Crippen LogP contribution is 2.27. The van der Waals surface area contributed by atoms with Gasteiger partial charge in [-0.3, -0.25) is 0 Å². The van der Waals surface area contributed by atoms with E-state index in [4.69, 9.17) is 4.98 Å². The van der Waals surface area contributed by atoms with E-state index < -0.39 is 0 Å². The Kier molecular flexibility index (Phi) is 4.90. The smallest absolute Gasteiger partial charge is 0.139 e. The molecule has 3 aromatic rings. The molecule has 4 heterocycles. The Hall–Kier alpha value is -1.24. The van der Waals surface area contributed by atoms with Gasteiger partial charge in [-0.05, 0) is 24.3 Å². The Morgan fingerprint density at radius 2 is 2.09 bits per heavy atom. The molecule has 0 unspecified atom stereocenters. The van der Waals surface area contributed by atoms with Crippen LogP contribution in [0.2, 0.25) is 0 Å². The minimum atomic E-state index is 0. The van der Waals surface area contributed by atoms with Gasteiger partial charge in [-0.1, -0.05) is 12.5 Å². The Morgan fingerprint density at radius 3 is 2.95 bits per heavy atom. The van der Waals surface area contributed by atoms with Gasteiger partial charge >= 0.3 is 0 Å². The highest BCUT2D eigenvalue weighted by molar-refractivity contribution is 7.14. The fraction of sp³-hybridized carbons (Fsp3) is 0.400. The van der Waals surface area contributed by atoms with Gasteiger partial charge in [0.2, 0.25) is 0 Å². The van der Waals surface area contributed by atoms with Crippen molar-refractivity contribution < 1.29 is 0 Å². The Morgan fingerprint density at radius 1 is 1.14 bits per heavy atom. The van der Waals surface area contributed by atoms with Crippen LogP contribution in [0.3, 0.4) is 0 Å². The number of aryl methyl sites for hydroxylation is 1. The second-order valence-electron chi connectivity index (χ2n) is 5.28. The average molecular weight is 353 g/mol. The first-order chi connectivity index (χ1) is 10.4. The third-order valence-corrected chi connectivity index (χ3v) is 5.56. The van der Waals surface area contributed by atoms with E-state index in [1.165, 1.54) is 24.1 Å². The maximum Gasteiger partial charge on any atom is 0.139 e. The predicted octanol–water partition coefficient (Wildman–Crippen LogP) is 4.20. The zero-order valence-corrected chi connectivity index (χ0v) is 14.5. The van der Waals surface area contributed by atoms with Crippen molar-refractivity contribution in [1.82, 2.24) is 19.7 Å². The van der Waals surface area contributed by atoms with Crippen molar-refractivity contribution in [2.45, 2.75) is 38.6 Å². The Labute approximate surface area is 143 Å². The second kappa shape index (κ2) is 6.89. The molecule has 22 heavy (non-hydrogen) atoms. The van der Waals surface area contributed by atoms with Crippen LogP contribution in [-0.4, -0.2) is 19.7 Å². The summed E-state index contributed by atoms with van der Waals surface area (Å²) < 4.78 is 2.30. The largest absolute Gasteiger partial charge is 0.315 e. The van der Waals surface area contributed by atoms with Crippen molar-refractivity contribution in [1.29, 1.82) is 0 Å². The van der Waals surface area contributed by atoms with Crippen LogP contribution in [0.1, 0.15) is 35.9 Å². The zero-order chi connectivity index (χ0) is 14.1. The summed E-state index contributed by atoms with van der Waals surface area (Å²) in [5.41, 5.74) is 1.08. The van der Waals surface area contributed by atoms with Crippen LogP contribution in [0.25, 0.3) is 10.6 Å². The number of fused-ring (bicyclic) bond motifs is 1. The van der Waals surface area contributed by atoms with Gasteiger partial charge in [0.25, 0.3) is 0 Å². The minimum Gasteiger partial charge on any atom is -0.315 e. The molecule has 0 spiro atoms. The molecule has 1 aliphatic heterocycles. The van der Waals surface area contributed by atoms with E-state index in [0.717, 1.165) is 41.7 Å². The summed E-state index contributed by atoms with van der Waals surface area (Å²) in [6, 6.07) is 4.18. The molecule has 116 valence electrons. The van der Waals surface area contributed by atoms with Gasteiger partial charge < -0.3 is 4.57 Å². The summed E-state index contributed by atoms with van der Waals surface area (Å²) in [5.74, 6) is 2.22. The third-order valence-electron chi connectivity index (χ3n) is 3.82. The summed E-state index contributed by atoms with van der Waals surface area (Å²) in [7, 11) is 0. The van der Waals surface area contributed by atoms with Crippen molar-refractivity contribution in [2.24, 2.45) is 0 Å². The van der Waals surface area contributed by atoms with Crippen molar-refractivity contribution in [3.05, 3.63) is 39.5 Å². The summed E-state index contributed by atoms with van der Waals surface area (Å²) in [5, 5.41) is 14.1. The van der Waals surface area contributed by atoms with Gasteiger partial charge in [0.1, 0.15) is 16.7 Å². The maximum atomic E-state index is 4.75. The molecule has 3 aromatic heterocycles. The lowest BCUT2D eigenvalue weighted by molar-refractivity contribution is 0.611. The number of hydrogen-bond acceptors (Lipinski definition) is 5. The molecule has 0 saturated heterocycles. The SMILES string of the molecule is Cl.c1csc(-c2csc(Cc3nnc4n3CCCCC4)n2)c1. The van der Waals surface area contributed by atoms with Gasteiger partial charge in [0, 0.05) is 18.3 Å². The first kappa shape index (κ1) is 15.6. The van der Waals surface area contributed by atoms with Gasteiger partial charge in [-0.2, -0.15) is 0 Å². The molecule has 7 heteroatoms. The number of hydrogen-bond donors (Lipinski definition) is 0.